The topological polar surface area (TPSA) is 27.7 Å². The highest BCUT2D eigenvalue weighted by molar-refractivity contribution is 5.26. The zero-order chi connectivity index (χ0) is 15.1. The van der Waals surface area contributed by atoms with Crippen LogP contribution in [0.1, 0.15) is 25.0 Å². The molecule has 0 heterocycles. The van der Waals surface area contributed by atoms with Gasteiger partial charge in [0.05, 0.1) is 19.3 Å². The van der Waals surface area contributed by atoms with Crippen LogP contribution in [0.15, 0.2) is 54.6 Å². The standard InChI is InChI=1S/C18H22O3/c1-18(2,16-7-5-4-6-8-16)21-14-20-13-15-9-11-17(19-3)12-10-15/h4-12H,13-14H2,1-3H3. The van der Waals surface area contributed by atoms with Gasteiger partial charge >= 0.3 is 0 Å². The van der Waals surface area contributed by atoms with Crippen LogP contribution in [0.5, 0.6) is 5.75 Å². The fraction of sp³-hybridized carbons (Fsp3) is 0.333. The lowest BCUT2D eigenvalue weighted by atomic mass is 9.98. The van der Waals surface area contributed by atoms with Crippen molar-refractivity contribution in [1.29, 1.82) is 0 Å². The first-order chi connectivity index (χ1) is 10.1. The Kier molecular flexibility index (Phi) is 5.37. The first kappa shape index (κ1) is 15.5. The van der Waals surface area contributed by atoms with Gasteiger partial charge in [0.15, 0.2) is 0 Å². The van der Waals surface area contributed by atoms with Crippen LogP contribution in [0, 0.1) is 0 Å². The molecule has 0 bridgehead atoms. The Labute approximate surface area is 126 Å². The van der Waals surface area contributed by atoms with Crippen molar-refractivity contribution < 1.29 is 14.2 Å². The molecular formula is C18H22O3. The van der Waals surface area contributed by atoms with E-state index in [2.05, 4.69) is 12.1 Å². The molecule has 0 fully saturated rings. The van der Waals surface area contributed by atoms with E-state index in [1.165, 1.54) is 0 Å². The largest absolute Gasteiger partial charge is 0.497 e. The number of ether oxygens (including phenoxy) is 3. The second-order valence-electron chi connectivity index (χ2n) is 5.34. The summed E-state index contributed by atoms with van der Waals surface area (Å²) in [6, 6.07) is 18.0. The van der Waals surface area contributed by atoms with E-state index in [1.54, 1.807) is 7.11 Å². The first-order valence-corrected chi connectivity index (χ1v) is 7.02. The summed E-state index contributed by atoms with van der Waals surface area (Å²) in [5, 5.41) is 0. The molecule has 0 atom stereocenters. The molecular weight excluding hydrogens is 264 g/mol. The van der Waals surface area contributed by atoms with E-state index in [1.807, 2.05) is 56.3 Å². The second kappa shape index (κ2) is 7.25. The molecule has 0 spiro atoms. The monoisotopic (exact) mass is 286 g/mol. The van der Waals surface area contributed by atoms with Crippen molar-refractivity contribution in [2.24, 2.45) is 0 Å². The van der Waals surface area contributed by atoms with E-state index >= 15 is 0 Å². The molecule has 2 rings (SSSR count). The van der Waals surface area contributed by atoms with Crippen molar-refractivity contribution in [3.63, 3.8) is 0 Å². The van der Waals surface area contributed by atoms with Crippen LogP contribution in [0.25, 0.3) is 0 Å². The van der Waals surface area contributed by atoms with Crippen LogP contribution < -0.4 is 4.74 Å². The highest BCUT2D eigenvalue weighted by Crippen LogP contribution is 2.24. The zero-order valence-corrected chi connectivity index (χ0v) is 12.8. The Morgan fingerprint density at radius 3 is 2.19 bits per heavy atom. The smallest absolute Gasteiger partial charge is 0.148 e. The van der Waals surface area contributed by atoms with Crippen LogP contribution in [0.2, 0.25) is 0 Å². The van der Waals surface area contributed by atoms with E-state index < -0.39 is 0 Å². The molecule has 0 radical (unpaired) electrons. The molecule has 2 aromatic carbocycles. The molecule has 0 aromatic heterocycles. The SMILES string of the molecule is COc1ccc(COCOC(C)(C)c2ccccc2)cc1. The molecule has 0 aliphatic heterocycles. The zero-order valence-electron chi connectivity index (χ0n) is 12.8. The number of benzene rings is 2. The molecule has 0 saturated heterocycles. The summed E-state index contributed by atoms with van der Waals surface area (Å²) in [6.45, 7) is 4.86. The predicted octanol–water partition coefficient (Wildman–Crippen LogP) is 4.12. The molecule has 0 unspecified atom stereocenters. The molecule has 2 aromatic rings. The number of methoxy groups -OCH3 is 1. The number of hydrogen-bond acceptors (Lipinski definition) is 3. The summed E-state index contributed by atoms with van der Waals surface area (Å²) < 4.78 is 16.5. The third-order valence-corrected chi connectivity index (χ3v) is 3.40. The molecule has 0 N–H and O–H groups in total. The van der Waals surface area contributed by atoms with Crippen molar-refractivity contribution in [1.82, 2.24) is 0 Å². The Balaban J connectivity index is 1.78. The Morgan fingerprint density at radius 2 is 1.57 bits per heavy atom. The maximum Gasteiger partial charge on any atom is 0.148 e. The van der Waals surface area contributed by atoms with Gasteiger partial charge in [0.1, 0.15) is 12.5 Å². The summed E-state index contributed by atoms with van der Waals surface area (Å²) in [5.41, 5.74) is 1.87. The average Bonchev–Trinajstić information content (AvgIpc) is 2.53. The van der Waals surface area contributed by atoms with Gasteiger partial charge < -0.3 is 14.2 Å². The lowest BCUT2D eigenvalue weighted by Crippen LogP contribution is -2.23. The third-order valence-electron chi connectivity index (χ3n) is 3.40. The van der Waals surface area contributed by atoms with E-state index in [0.717, 1.165) is 16.9 Å². The third kappa shape index (κ3) is 4.59. The van der Waals surface area contributed by atoms with E-state index in [-0.39, 0.29) is 12.4 Å². The normalized spacial score (nSPS) is 11.4. The van der Waals surface area contributed by atoms with Crippen molar-refractivity contribution in [3.8, 4) is 5.75 Å². The number of rotatable bonds is 7. The minimum atomic E-state index is -0.360. The van der Waals surface area contributed by atoms with Gasteiger partial charge in [0.2, 0.25) is 0 Å². The lowest BCUT2D eigenvalue weighted by Gasteiger charge is -2.25. The van der Waals surface area contributed by atoms with Crippen LogP contribution in [-0.2, 0) is 21.7 Å². The average molecular weight is 286 g/mol. The van der Waals surface area contributed by atoms with Gasteiger partial charge in [-0.25, -0.2) is 0 Å². The Bertz CT molecular complexity index is 532. The van der Waals surface area contributed by atoms with Crippen molar-refractivity contribution >= 4 is 0 Å². The van der Waals surface area contributed by atoms with Crippen molar-refractivity contribution in [3.05, 3.63) is 65.7 Å². The fourth-order valence-corrected chi connectivity index (χ4v) is 1.99. The summed E-state index contributed by atoms with van der Waals surface area (Å²) in [6.07, 6.45) is 0. The summed E-state index contributed by atoms with van der Waals surface area (Å²) >= 11 is 0. The number of hydrogen-bond donors (Lipinski definition) is 0. The summed E-state index contributed by atoms with van der Waals surface area (Å²) in [7, 11) is 1.66. The van der Waals surface area contributed by atoms with Gasteiger partial charge in [-0.3, -0.25) is 0 Å². The Hall–Kier alpha value is -1.84. The van der Waals surface area contributed by atoms with Gasteiger partial charge in [-0.05, 0) is 37.1 Å². The van der Waals surface area contributed by atoms with E-state index in [4.69, 9.17) is 14.2 Å². The lowest BCUT2D eigenvalue weighted by molar-refractivity contribution is -0.136. The van der Waals surface area contributed by atoms with Crippen LogP contribution in [0.4, 0.5) is 0 Å². The molecule has 3 heteroatoms. The molecule has 3 nitrogen and oxygen atoms in total. The van der Waals surface area contributed by atoms with Gasteiger partial charge in [0.25, 0.3) is 0 Å². The van der Waals surface area contributed by atoms with Gasteiger partial charge in [-0.2, -0.15) is 0 Å². The quantitative estimate of drug-likeness (QED) is 0.566. The fourth-order valence-electron chi connectivity index (χ4n) is 1.99. The maximum absolute atomic E-state index is 5.84. The van der Waals surface area contributed by atoms with Crippen LogP contribution in [-0.4, -0.2) is 13.9 Å². The van der Waals surface area contributed by atoms with Gasteiger partial charge in [-0.1, -0.05) is 42.5 Å². The molecule has 112 valence electrons. The molecule has 0 aliphatic rings. The van der Waals surface area contributed by atoms with E-state index in [0.29, 0.717) is 6.61 Å². The predicted molar refractivity (Wildman–Crippen MR) is 83.2 cm³/mol. The second-order valence-corrected chi connectivity index (χ2v) is 5.34. The Morgan fingerprint density at radius 1 is 0.905 bits per heavy atom. The highest BCUT2D eigenvalue weighted by atomic mass is 16.7. The molecule has 0 saturated carbocycles. The van der Waals surface area contributed by atoms with Crippen LogP contribution in [0.3, 0.4) is 0 Å². The molecule has 21 heavy (non-hydrogen) atoms. The highest BCUT2D eigenvalue weighted by Gasteiger charge is 2.20. The molecule has 0 aliphatic carbocycles. The van der Waals surface area contributed by atoms with Crippen molar-refractivity contribution in [2.45, 2.75) is 26.1 Å². The van der Waals surface area contributed by atoms with Gasteiger partial charge in [-0.15, -0.1) is 0 Å². The summed E-state index contributed by atoms with van der Waals surface area (Å²) in [4.78, 5) is 0. The van der Waals surface area contributed by atoms with Crippen molar-refractivity contribution in [2.75, 3.05) is 13.9 Å². The minimum Gasteiger partial charge on any atom is -0.497 e. The van der Waals surface area contributed by atoms with Crippen LogP contribution >= 0.6 is 0 Å². The molecule has 0 amide bonds. The maximum atomic E-state index is 5.84. The van der Waals surface area contributed by atoms with Gasteiger partial charge in [0, 0.05) is 0 Å². The summed E-state index contributed by atoms with van der Waals surface area (Å²) in [5.74, 6) is 0.847. The van der Waals surface area contributed by atoms with E-state index in [9.17, 15) is 0 Å². The minimum absolute atomic E-state index is 0.258. The first-order valence-electron chi connectivity index (χ1n) is 7.02.